The Labute approximate surface area is 134 Å². The molecule has 0 unspecified atom stereocenters. The molecule has 0 amide bonds. The highest BCUT2D eigenvalue weighted by Crippen LogP contribution is 2.28. The van der Waals surface area contributed by atoms with E-state index in [9.17, 15) is 10.1 Å². The molecule has 2 aromatic carbocycles. The first-order chi connectivity index (χ1) is 9.47. The second kappa shape index (κ2) is 6.43. The topological polar surface area (TPSA) is 55.2 Å². The Morgan fingerprint density at radius 2 is 1.95 bits per heavy atom. The minimum absolute atomic E-state index is 0.0113. The van der Waals surface area contributed by atoms with Crippen LogP contribution >= 0.6 is 39.1 Å². The molecule has 4 nitrogen and oxygen atoms in total. The van der Waals surface area contributed by atoms with Gasteiger partial charge in [-0.1, -0.05) is 29.3 Å². The molecule has 104 valence electrons. The smallest absolute Gasteiger partial charge is 0.285 e. The summed E-state index contributed by atoms with van der Waals surface area (Å²) in [5.74, 6) is 0. The molecule has 7 heteroatoms. The highest BCUT2D eigenvalue weighted by molar-refractivity contribution is 9.10. The molecule has 0 heterocycles. The molecular formula is C13H9BrCl2N2O2. The zero-order valence-electron chi connectivity index (χ0n) is 10.1. The van der Waals surface area contributed by atoms with Gasteiger partial charge in [-0.05, 0) is 45.8 Å². The molecule has 0 radical (unpaired) electrons. The standard InChI is InChI=1S/C13H9BrCl2N2O2/c14-11-4-3-10(6-13(11)18(19)20)17-7-8-1-2-9(15)5-12(8)16/h1-6,17H,7H2. The monoisotopic (exact) mass is 374 g/mol. The van der Waals surface area contributed by atoms with Crippen molar-refractivity contribution in [1.82, 2.24) is 0 Å². The summed E-state index contributed by atoms with van der Waals surface area (Å²) in [6, 6.07) is 10.1. The van der Waals surface area contributed by atoms with E-state index in [2.05, 4.69) is 21.2 Å². The summed E-state index contributed by atoms with van der Waals surface area (Å²) in [5.41, 5.74) is 1.52. The number of nitro benzene ring substituents is 1. The Hall–Kier alpha value is -1.30. The van der Waals surface area contributed by atoms with Gasteiger partial charge in [0.05, 0.1) is 9.40 Å². The summed E-state index contributed by atoms with van der Waals surface area (Å²) in [5, 5.41) is 15.1. The Morgan fingerprint density at radius 1 is 1.20 bits per heavy atom. The molecule has 0 spiro atoms. The molecule has 0 atom stereocenters. The summed E-state index contributed by atoms with van der Waals surface area (Å²) in [6.07, 6.45) is 0. The fourth-order valence-corrected chi connectivity index (χ4v) is 2.49. The molecule has 2 aromatic rings. The summed E-state index contributed by atoms with van der Waals surface area (Å²) in [4.78, 5) is 10.4. The average Bonchev–Trinajstić information content (AvgIpc) is 2.39. The Morgan fingerprint density at radius 3 is 2.60 bits per heavy atom. The number of nitro groups is 1. The third-order valence-electron chi connectivity index (χ3n) is 2.64. The number of nitrogens with zero attached hydrogens (tertiary/aromatic N) is 1. The number of hydrogen-bond donors (Lipinski definition) is 1. The second-order valence-electron chi connectivity index (χ2n) is 4.01. The van der Waals surface area contributed by atoms with Crippen LogP contribution in [0.2, 0.25) is 10.0 Å². The molecule has 20 heavy (non-hydrogen) atoms. The van der Waals surface area contributed by atoms with E-state index in [1.807, 2.05) is 6.07 Å². The maximum atomic E-state index is 10.9. The first kappa shape index (κ1) is 15.1. The number of benzene rings is 2. The van der Waals surface area contributed by atoms with Gasteiger partial charge < -0.3 is 5.32 Å². The van der Waals surface area contributed by atoms with Crippen molar-refractivity contribution in [3.8, 4) is 0 Å². The number of anilines is 1. The van der Waals surface area contributed by atoms with Crippen LogP contribution in [0, 0.1) is 10.1 Å². The van der Waals surface area contributed by atoms with Crippen LogP contribution in [0.4, 0.5) is 11.4 Å². The molecule has 0 bridgehead atoms. The van der Waals surface area contributed by atoms with E-state index in [-0.39, 0.29) is 5.69 Å². The number of halogens is 3. The maximum absolute atomic E-state index is 10.9. The van der Waals surface area contributed by atoms with Gasteiger partial charge in [-0.15, -0.1) is 0 Å². The minimum atomic E-state index is -0.440. The summed E-state index contributed by atoms with van der Waals surface area (Å²) >= 11 is 15.0. The zero-order chi connectivity index (χ0) is 14.7. The van der Waals surface area contributed by atoms with Gasteiger partial charge in [0, 0.05) is 28.3 Å². The predicted octanol–water partition coefficient (Wildman–Crippen LogP) is 5.28. The van der Waals surface area contributed by atoms with E-state index in [1.54, 1.807) is 24.3 Å². The first-order valence-electron chi connectivity index (χ1n) is 5.59. The van der Waals surface area contributed by atoms with Gasteiger partial charge in [0.25, 0.3) is 5.69 Å². The first-order valence-corrected chi connectivity index (χ1v) is 7.14. The largest absolute Gasteiger partial charge is 0.381 e. The van der Waals surface area contributed by atoms with E-state index in [4.69, 9.17) is 23.2 Å². The minimum Gasteiger partial charge on any atom is -0.381 e. The number of rotatable bonds is 4. The molecule has 0 saturated carbocycles. The highest BCUT2D eigenvalue weighted by atomic mass is 79.9. The van der Waals surface area contributed by atoms with Crippen LogP contribution in [0.25, 0.3) is 0 Å². The van der Waals surface area contributed by atoms with Gasteiger partial charge in [0.15, 0.2) is 0 Å². The number of hydrogen-bond acceptors (Lipinski definition) is 3. The molecule has 0 fully saturated rings. The fraction of sp³-hybridized carbons (Fsp3) is 0.0769. The van der Waals surface area contributed by atoms with Gasteiger partial charge in [0.2, 0.25) is 0 Å². The molecule has 0 aliphatic rings. The van der Waals surface area contributed by atoms with E-state index in [0.717, 1.165) is 5.56 Å². The van der Waals surface area contributed by atoms with Crippen LogP contribution in [0.3, 0.4) is 0 Å². The van der Waals surface area contributed by atoms with Crippen LogP contribution < -0.4 is 5.32 Å². The van der Waals surface area contributed by atoms with Crippen molar-refractivity contribution in [1.29, 1.82) is 0 Å². The lowest BCUT2D eigenvalue weighted by molar-refractivity contribution is -0.385. The second-order valence-corrected chi connectivity index (χ2v) is 5.71. The van der Waals surface area contributed by atoms with Gasteiger partial charge >= 0.3 is 0 Å². The van der Waals surface area contributed by atoms with E-state index in [1.165, 1.54) is 6.07 Å². The van der Waals surface area contributed by atoms with Gasteiger partial charge in [-0.3, -0.25) is 10.1 Å². The zero-order valence-corrected chi connectivity index (χ0v) is 13.2. The Kier molecular flexibility index (Phi) is 4.86. The Balaban J connectivity index is 2.15. The molecule has 0 saturated heterocycles. The highest BCUT2D eigenvalue weighted by Gasteiger charge is 2.12. The molecule has 1 N–H and O–H groups in total. The van der Waals surface area contributed by atoms with Crippen LogP contribution in [0.5, 0.6) is 0 Å². The van der Waals surface area contributed by atoms with Gasteiger partial charge in [-0.25, -0.2) is 0 Å². The maximum Gasteiger partial charge on any atom is 0.285 e. The normalized spacial score (nSPS) is 10.3. The summed E-state index contributed by atoms with van der Waals surface area (Å²) < 4.78 is 0.442. The molecule has 2 rings (SSSR count). The van der Waals surface area contributed by atoms with E-state index >= 15 is 0 Å². The predicted molar refractivity (Wildman–Crippen MR) is 84.6 cm³/mol. The SMILES string of the molecule is O=[N+]([O-])c1cc(NCc2ccc(Cl)cc2Cl)ccc1Br. The van der Waals surface area contributed by atoms with Crippen LogP contribution in [0.1, 0.15) is 5.56 Å². The van der Waals surface area contributed by atoms with Crippen LogP contribution in [0.15, 0.2) is 40.9 Å². The van der Waals surface area contributed by atoms with Crippen molar-refractivity contribution in [3.63, 3.8) is 0 Å². The molecule has 0 aliphatic carbocycles. The average molecular weight is 376 g/mol. The quantitative estimate of drug-likeness (QED) is 0.584. The summed E-state index contributed by atoms with van der Waals surface area (Å²) in [6.45, 7) is 0.453. The summed E-state index contributed by atoms with van der Waals surface area (Å²) in [7, 11) is 0. The van der Waals surface area contributed by atoms with Crippen molar-refractivity contribution in [2.24, 2.45) is 0 Å². The Bertz CT molecular complexity index is 665. The van der Waals surface area contributed by atoms with Crippen molar-refractivity contribution in [3.05, 3.63) is 66.6 Å². The third-order valence-corrected chi connectivity index (χ3v) is 3.90. The van der Waals surface area contributed by atoms with Crippen molar-refractivity contribution in [2.75, 3.05) is 5.32 Å². The van der Waals surface area contributed by atoms with Crippen LogP contribution in [-0.2, 0) is 6.54 Å². The molecule has 0 aliphatic heterocycles. The number of nitrogens with one attached hydrogen (secondary N) is 1. The molecular weight excluding hydrogens is 367 g/mol. The fourth-order valence-electron chi connectivity index (χ4n) is 1.62. The van der Waals surface area contributed by atoms with E-state index in [0.29, 0.717) is 26.8 Å². The van der Waals surface area contributed by atoms with Gasteiger partial charge in [-0.2, -0.15) is 0 Å². The van der Waals surface area contributed by atoms with Crippen molar-refractivity contribution in [2.45, 2.75) is 6.54 Å². The molecule has 0 aromatic heterocycles. The van der Waals surface area contributed by atoms with Gasteiger partial charge in [0.1, 0.15) is 0 Å². The van der Waals surface area contributed by atoms with Crippen molar-refractivity contribution < 1.29 is 4.92 Å². The van der Waals surface area contributed by atoms with Crippen molar-refractivity contribution >= 4 is 50.5 Å². The lowest BCUT2D eigenvalue weighted by Crippen LogP contribution is -2.01. The lowest BCUT2D eigenvalue weighted by Gasteiger charge is -2.08. The lowest BCUT2D eigenvalue weighted by atomic mass is 10.2. The third kappa shape index (κ3) is 3.62. The van der Waals surface area contributed by atoms with Crippen LogP contribution in [-0.4, -0.2) is 4.92 Å². The van der Waals surface area contributed by atoms with E-state index < -0.39 is 4.92 Å².